The van der Waals surface area contributed by atoms with Crippen molar-refractivity contribution < 1.29 is 9.18 Å². The summed E-state index contributed by atoms with van der Waals surface area (Å²) in [5.41, 5.74) is 4.83. The van der Waals surface area contributed by atoms with Crippen LogP contribution in [0.1, 0.15) is 35.0 Å². The summed E-state index contributed by atoms with van der Waals surface area (Å²) in [5.74, 6) is -0.162. The highest BCUT2D eigenvalue weighted by Gasteiger charge is 2.33. The van der Waals surface area contributed by atoms with Gasteiger partial charge in [0.2, 0.25) is 5.91 Å². The van der Waals surface area contributed by atoms with E-state index >= 15 is 0 Å². The van der Waals surface area contributed by atoms with Crippen molar-refractivity contribution in [3.63, 3.8) is 0 Å². The molecule has 1 amide bonds. The molecule has 27 heavy (non-hydrogen) atoms. The molecule has 0 aliphatic carbocycles. The highest BCUT2D eigenvalue weighted by atomic mass is 19.1. The second-order valence-electron chi connectivity index (χ2n) is 7.02. The Morgan fingerprint density at radius 1 is 1.11 bits per heavy atom. The number of para-hydroxylation sites is 1. The maximum Gasteiger partial charge on any atom is 0.227 e. The van der Waals surface area contributed by atoms with Gasteiger partial charge in [-0.1, -0.05) is 30.3 Å². The van der Waals surface area contributed by atoms with Gasteiger partial charge in [0.1, 0.15) is 5.82 Å². The third kappa shape index (κ3) is 3.25. The number of carbonyl (C=O) groups is 1. The van der Waals surface area contributed by atoms with Crippen molar-refractivity contribution in [3.8, 4) is 5.69 Å². The lowest BCUT2D eigenvalue weighted by atomic mass is 9.93. The monoisotopic (exact) mass is 363 g/mol. The van der Waals surface area contributed by atoms with Crippen molar-refractivity contribution in [1.82, 2.24) is 14.7 Å². The van der Waals surface area contributed by atoms with Crippen LogP contribution in [0.3, 0.4) is 0 Å². The highest BCUT2D eigenvalue weighted by molar-refractivity contribution is 5.80. The minimum absolute atomic E-state index is 0.0443. The lowest BCUT2D eigenvalue weighted by Crippen LogP contribution is -2.45. The van der Waals surface area contributed by atoms with Gasteiger partial charge in [0, 0.05) is 17.8 Å². The fourth-order valence-corrected chi connectivity index (χ4v) is 3.72. The first-order valence-electron chi connectivity index (χ1n) is 9.20. The van der Waals surface area contributed by atoms with Gasteiger partial charge in [-0.2, -0.15) is 5.10 Å². The molecule has 5 heteroatoms. The molecule has 0 spiro atoms. The second-order valence-corrected chi connectivity index (χ2v) is 7.02. The number of hydrogen-bond acceptors (Lipinski definition) is 2. The largest absolute Gasteiger partial charge is 0.335 e. The van der Waals surface area contributed by atoms with Gasteiger partial charge in [0.05, 0.1) is 23.8 Å². The minimum Gasteiger partial charge on any atom is -0.335 e. The number of aryl methyl sites for hydroxylation is 1. The van der Waals surface area contributed by atoms with Gasteiger partial charge >= 0.3 is 0 Å². The highest BCUT2D eigenvalue weighted by Crippen LogP contribution is 2.34. The first-order valence-corrected chi connectivity index (χ1v) is 9.20. The van der Waals surface area contributed by atoms with Gasteiger partial charge < -0.3 is 4.90 Å². The predicted octanol–water partition coefficient (Wildman–Crippen LogP) is 4.14. The van der Waals surface area contributed by atoms with Gasteiger partial charge in [-0.05, 0) is 50.1 Å². The van der Waals surface area contributed by atoms with Gasteiger partial charge in [-0.25, -0.2) is 9.07 Å². The first-order chi connectivity index (χ1) is 13.0. The van der Waals surface area contributed by atoms with Gasteiger partial charge in [-0.3, -0.25) is 4.79 Å². The maximum atomic E-state index is 13.2. The van der Waals surface area contributed by atoms with Crippen LogP contribution < -0.4 is 0 Å². The van der Waals surface area contributed by atoms with Crippen molar-refractivity contribution in [2.75, 3.05) is 6.54 Å². The average Bonchev–Trinajstić information content (AvgIpc) is 2.91. The molecule has 0 radical (unpaired) electrons. The third-order valence-electron chi connectivity index (χ3n) is 5.36. The molecule has 0 saturated carbocycles. The van der Waals surface area contributed by atoms with E-state index in [-0.39, 0.29) is 17.8 Å². The van der Waals surface area contributed by atoms with E-state index in [1.165, 1.54) is 12.1 Å². The number of likely N-dealkylation sites (tertiary alicyclic amines) is 1. The van der Waals surface area contributed by atoms with Crippen LogP contribution in [0.2, 0.25) is 0 Å². The number of carbonyl (C=O) groups excluding carboxylic acids is 1. The van der Waals surface area contributed by atoms with Gasteiger partial charge in [-0.15, -0.1) is 0 Å². The SMILES string of the molecule is Cc1nn(-c2ccccc2)c(C)c1CC(=O)N1CC[C@@H]1c1ccc(F)cc1. The van der Waals surface area contributed by atoms with Crippen LogP contribution in [-0.4, -0.2) is 27.1 Å². The number of hydrogen-bond donors (Lipinski definition) is 0. The van der Waals surface area contributed by atoms with Crippen LogP contribution in [0.4, 0.5) is 4.39 Å². The van der Waals surface area contributed by atoms with Crippen LogP contribution >= 0.6 is 0 Å². The summed E-state index contributed by atoms with van der Waals surface area (Å²) < 4.78 is 15.1. The number of rotatable bonds is 4. The number of aromatic nitrogens is 2. The molecule has 4 nitrogen and oxygen atoms in total. The molecule has 0 N–H and O–H groups in total. The molecule has 0 unspecified atom stereocenters. The molecule has 2 heterocycles. The molecule has 1 saturated heterocycles. The summed E-state index contributed by atoms with van der Waals surface area (Å²) in [4.78, 5) is 14.8. The summed E-state index contributed by atoms with van der Waals surface area (Å²) >= 11 is 0. The standard InChI is InChI=1S/C22H22FN3O/c1-15-20(16(2)26(24-15)19-6-4-3-5-7-19)14-22(27)25-13-12-21(25)17-8-10-18(23)11-9-17/h3-11,21H,12-14H2,1-2H3/t21-/m1/s1. The number of nitrogens with zero attached hydrogens (tertiary/aromatic N) is 3. The molecule has 1 atom stereocenters. The summed E-state index contributed by atoms with van der Waals surface area (Å²) in [5, 5.41) is 4.63. The number of benzene rings is 2. The zero-order chi connectivity index (χ0) is 19.0. The summed E-state index contributed by atoms with van der Waals surface area (Å²) in [7, 11) is 0. The Balaban J connectivity index is 1.53. The molecular weight excluding hydrogens is 341 g/mol. The summed E-state index contributed by atoms with van der Waals surface area (Å²) in [6, 6.07) is 16.4. The molecule has 4 rings (SSSR count). The zero-order valence-electron chi connectivity index (χ0n) is 15.5. The lowest BCUT2D eigenvalue weighted by Gasteiger charge is -2.41. The molecule has 0 bridgehead atoms. The third-order valence-corrected chi connectivity index (χ3v) is 5.36. The van der Waals surface area contributed by atoms with Crippen LogP contribution in [0.5, 0.6) is 0 Å². The predicted molar refractivity (Wildman–Crippen MR) is 102 cm³/mol. The van der Waals surface area contributed by atoms with Crippen LogP contribution in [0, 0.1) is 19.7 Å². The van der Waals surface area contributed by atoms with E-state index in [9.17, 15) is 9.18 Å². The molecule has 2 aromatic carbocycles. The van der Waals surface area contributed by atoms with E-state index in [0.29, 0.717) is 6.42 Å². The molecule has 3 aromatic rings. The Morgan fingerprint density at radius 2 is 1.81 bits per heavy atom. The van der Waals surface area contributed by atoms with Crippen molar-refractivity contribution in [1.29, 1.82) is 0 Å². The average molecular weight is 363 g/mol. The Hall–Kier alpha value is -2.95. The number of amides is 1. The van der Waals surface area contributed by atoms with Crippen molar-refractivity contribution in [2.24, 2.45) is 0 Å². The van der Waals surface area contributed by atoms with E-state index < -0.39 is 0 Å². The Morgan fingerprint density at radius 3 is 2.44 bits per heavy atom. The zero-order valence-corrected chi connectivity index (χ0v) is 15.5. The fourth-order valence-electron chi connectivity index (χ4n) is 3.72. The lowest BCUT2D eigenvalue weighted by molar-refractivity contribution is -0.138. The van der Waals surface area contributed by atoms with Crippen molar-refractivity contribution in [2.45, 2.75) is 32.7 Å². The van der Waals surface area contributed by atoms with Gasteiger partial charge in [0.25, 0.3) is 0 Å². The van der Waals surface area contributed by atoms with E-state index in [2.05, 4.69) is 5.10 Å². The van der Waals surface area contributed by atoms with Crippen molar-refractivity contribution in [3.05, 3.63) is 82.9 Å². The molecule has 1 fully saturated rings. The quantitative estimate of drug-likeness (QED) is 0.699. The van der Waals surface area contributed by atoms with Crippen LogP contribution in [0.25, 0.3) is 5.69 Å². The summed E-state index contributed by atoms with van der Waals surface area (Å²) in [6.07, 6.45) is 1.25. The van der Waals surface area contributed by atoms with E-state index in [1.54, 1.807) is 12.1 Å². The fraction of sp³-hybridized carbons (Fsp3) is 0.273. The van der Waals surface area contributed by atoms with Crippen LogP contribution in [0.15, 0.2) is 54.6 Å². The normalized spacial score (nSPS) is 16.3. The molecular formula is C22H22FN3O. The van der Waals surface area contributed by atoms with Gasteiger partial charge in [0.15, 0.2) is 0 Å². The second kappa shape index (κ2) is 6.99. The number of halogens is 1. The van der Waals surface area contributed by atoms with E-state index in [4.69, 9.17) is 0 Å². The van der Waals surface area contributed by atoms with E-state index in [0.717, 1.165) is 41.2 Å². The Labute approximate surface area is 158 Å². The van der Waals surface area contributed by atoms with E-state index in [1.807, 2.05) is 53.8 Å². The minimum atomic E-state index is -0.254. The Kier molecular flexibility index (Phi) is 4.52. The maximum absolute atomic E-state index is 13.2. The molecule has 1 aromatic heterocycles. The molecule has 1 aliphatic heterocycles. The Bertz CT molecular complexity index is 963. The van der Waals surface area contributed by atoms with Crippen LogP contribution in [-0.2, 0) is 11.2 Å². The first kappa shape index (κ1) is 17.5. The topological polar surface area (TPSA) is 38.1 Å². The van der Waals surface area contributed by atoms with Crippen molar-refractivity contribution >= 4 is 5.91 Å². The molecule has 138 valence electrons. The summed E-state index contributed by atoms with van der Waals surface area (Å²) in [6.45, 7) is 4.69. The molecule has 1 aliphatic rings. The smallest absolute Gasteiger partial charge is 0.227 e.